The van der Waals surface area contributed by atoms with Gasteiger partial charge in [-0.05, 0) is 32.0 Å². The molecule has 0 aliphatic carbocycles. The van der Waals surface area contributed by atoms with Gasteiger partial charge in [0.1, 0.15) is 5.78 Å². The van der Waals surface area contributed by atoms with E-state index in [1.54, 1.807) is 6.92 Å². The van der Waals surface area contributed by atoms with Crippen LogP contribution in [0, 0.1) is 0 Å². The molecule has 0 radical (unpaired) electrons. The highest BCUT2D eigenvalue weighted by atomic mass is 32.2. The number of aliphatic hydroxyl groups is 1. The van der Waals surface area contributed by atoms with Crippen LogP contribution in [-0.4, -0.2) is 45.4 Å². The van der Waals surface area contributed by atoms with Crippen LogP contribution in [0.25, 0.3) is 10.9 Å². The number of thioether (sulfide) groups is 1. The standard InChI is InChI=1S/C16H18N2O5S/c1-9(19)7-18-14(21)12-5-4-11(15(22)23-3)6-13(12)17-16(18)24-8-10(2)20/h4-6,9,19H,7-8H2,1-3H3/t9-/m1/s1. The first-order valence-electron chi connectivity index (χ1n) is 7.26. The van der Waals surface area contributed by atoms with Crippen LogP contribution >= 0.6 is 11.8 Å². The third-order valence-corrected chi connectivity index (χ3v) is 4.31. The number of ether oxygens (including phenoxy) is 1. The van der Waals surface area contributed by atoms with Crippen LogP contribution in [0.5, 0.6) is 0 Å². The summed E-state index contributed by atoms with van der Waals surface area (Å²) in [5.74, 6) is -0.417. The molecule has 0 saturated carbocycles. The Kier molecular flexibility index (Phi) is 5.74. The topological polar surface area (TPSA) is 98.5 Å². The van der Waals surface area contributed by atoms with E-state index in [0.717, 1.165) is 11.8 Å². The zero-order valence-electron chi connectivity index (χ0n) is 13.6. The number of carbonyl (C=O) groups excluding carboxylic acids is 2. The lowest BCUT2D eigenvalue weighted by Crippen LogP contribution is -2.28. The summed E-state index contributed by atoms with van der Waals surface area (Å²) < 4.78 is 6.01. The number of nitrogens with zero attached hydrogens (tertiary/aromatic N) is 2. The predicted octanol–water partition coefficient (Wildman–Crippen LogP) is 1.24. The molecule has 0 amide bonds. The Balaban J connectivity index is 2.62. The summed E-state index contributed by atoms with van der Waals surface area (Å²) in [6.07, 6.45) is -0.743. The van der Waals surface area contributed by atoms with Crippen LogP contribution in [0.4, 0.5) is 0 Å². The van der Waals surface area contributed by atoms with Crippen molar-refractivity contribution in [1.29, 1.82) is 0 Å². The fraction of sp³-hybridized carbons (Fsp3) is 0.375. The molecule has 0 aliphatic heterocycles. The van der Waals surface area contributed by atoms with Gasteiger partial charge < -0.3 is 9.84 Å². The molecule has 1 N–H and O–H groups in total. The maximum Gasteiger partial charge on any atom is 0.337 e. The van der Waals surface area contributed by atoms with Crippen LogP contribution in [-0.2, 0) is 16.1 Å². The zero-order chi connectivity index (χ0) is 17.9. The van der Waals surface area contributed by atoms with Gasteiger partial charge >= 0.3 is 5.97 Å². The van der Waals surface area contributed by atoms with E-state index in [1.807, 2.05) is 0 Å². The molecule has 0 bridgehead atoms. The molecule has 0 saturated heterocycles. The normalized spacial score (nSPS) is 12.2. The van der Waals surface area contributed by atoms with Gasteiger partial charge in [0.25, 0.3) is 5.56 Å². The van der Waals surface area contributed by atoms with Crippen molar-refractivity contribution in [2.24, 2.45) is 0 Å². The highest BCUT2D eigenvalue weighted by Crippen LogP contribution is 2.19. The molecule has 1 atom stereocenters. The summed E-state index contributed by atoms with van der Waals surface area (Å²) >= 11 is 1.12. The van der Waals surface area contributed by atoms with Crippen molar-refractivity contribution in [2.45, 2.75) is 31.7 Å². The van der Waals surface area contributed by atoms with Gasteiger partial charge in [-0.1, -0.05) is 11.8 Å². The van der Waals surface area contributed by atoms with Gasteiger partial charge in [-0.3, -0.25) is 14.2 Å². The number of aromatic nitrogens is 2. The minimum atomic E-state index is -0.743. The maximum absolute atomic E-state index is 12.7. The number of hydrogen-bond acceptors (Lipinski definition) is 7. The number of aliphatic hydroxyl groups excluding tert-OH is 1. The molecule has 7 nitrogen and oxygen atoms in total. The van der Waals surface area contributed by atoms with Crippen LogP contribution in [0.15, 0.2) is 28.2 Å². The zero-order valence-corrected chi connectivity index (χ0v) is 14.4. The number of carbonyl (C=O) groups is 2. The van der Waals surface area contributed by atoms with Gasteiger partial charge in [0, 0.05) is 0 Å². The van der Waals surface area contributed by atoms with Gasteiger partial charge in [-0.15, -0.1) is 0 Å². The lowest BCUT2D eigenvalue weighted by Gasteiger charge is -2.14. The molecule has 2 rings (SSSR count). The maximum atomic E-state index is 12.7. The number of rotatable bonds is 6. The van der Waals surface area contributed by atoms with Crippen LogP contribution < -0.4 is 5.56 Å². The second-order valence-electron chi connectivity index (χ2n) is 5.37. The molecule has 0 spiro atoms. The number of Topliss-reactive ketones (excluding diaryl/α,β-unsaturated/α-hetero) is 1. The van der Waals surface area contributed by atoms with E-state index in [0.29, 0.717) is 16.1 Å². The summed E-state index contributed by atoms with van der Waals surface area (Å²) in [6, 6.07) is 4.48. The molecular formula is C16H18N2O5S. The second kappa shape index (κ2) is 7.59. The summed E-state index contributed by atoms with van der Waals surface area (Å²) in [7, 11) is 1.27. The molecule has 0 unspecified atom stereocenters. The van der Waals surface area contributed by atoms with Crippen LogP contribution in [0.1, 0.15) is 24.2 Å². The highest BCUT2D eigenvalue weighted by Gasteiger charge is 2.15. The molecule has 8 heteroatoms. The summed E-state index contributed by atoms with van der Waals surface area (Å²) in [5, 5.41) is 10.3. The van der Waals surface area contributed by atoms with Crippen molar-refractivity contribution < 1.29 is 19.4 Å². The lowest BCUT2D eigenvalue weighted by molar-refractivity contribution is -0.114. The van der Waals surface area contributed by atoms with E-state index in [4.69, 9.17) is 0 Å². The molecule has 1 aromatic heterocycles. The van der Waals surface area contributed by atoms with E-state index in [-0.39, 0.29) is 29.2 Å². The molecule has 1 heterocycles. The average Bonchev–Trinajstić information content (AvgIpc) is 2.54. The number of methoxy groups -OCH3 is 1. The first-order chi connectivity index (χ1) is 11.3. The van der Waals surface area contributed by atoms with Gasteiger partial charge in [0.05, 0.1) is 42.0 Å². The number of esters is 1. The first-order valence-corrected chi connectivity index (χ1v) is 8.25. The monoisotopic (exact) mass is 350 g/mol. The highest BCUT2D eigenvalue weighted by molar-refractivity contribution is 7.99. The van der Waals surface area contributed by atoms with E-state index >= 15 is 0 Å². The van der Waals surface area contributed by atoms with Crippen molar-refractivity contribution in [3.63, 3.8) is 0 Å². The minimum Gasteiger partial charge on any atom is -0.465 e. The molecular weight excluding hydrogens is 332 g/mol. The number of benzene rings is 1. The number of fused-ring (bicyclic) bond motifs is 1. The van der Waals surface area contributed by atoms with E-state index < -0.39 is 12.1 Å². The van der Waals surface area contributed by atoms with E-state index in [2.05, 4.69) is 9.72 Å². The van der Waals surface area contributed by atoms with Crippen LogP contribution in [0.2, 0.25) is 0 Å². The van der Waals surface area contributed by atoms with Crippen molar-refractivity contribution in [1.82, 2.24) is 9.55 Å². The Hall–Kier alpha value is -2.19. The molecule has 128 valence electrons. The fourth-order valence-corrected chi connectivity index (χ4v) is 2.96. The first kappa shape index (κ1) is 18.2. The van der Waals surface area contributed by atoms with Gasteiger partial charge in [0.2, 0.25) is 0 Å². The van der Waals surface area contributed by atoms with Crippen molar-refractivity contribution in [2.75, 3.05) is 12.9 Å². The lowest BCUT2D eigenvalue weighted by atomic mass is 10.1. The summed E-state index contributed by atoms with van der Waals surface area (Å²) in [6.45, 7) is 3.08. The molecule has 2 aromatic rings. The quantitative estimate of drug-likeness (QED) is 0.475. The fourth-order valence-electron chi connectivity index (χ4n) is 2.15. The average molecular weight is 350 g/mol. The van der Waals surface area contributed by atoms with Gasteiger partial charge in [0.15, 0.2) is 5.16 Å². The van der Waals surface area contributed by atoms with Crippen molar-refractivity contribution in [3.8, 4) is 0 Å². The largest absolute Gasteiger partial charge is 0.465 e. The van der Waals surface area contributed by atoms with Crippen LogP contribution in [0.3, 0.4) is 0 Å². The predicted molar refractivity (Wildman–Crippen MR) is 90.4 cm³/mol. The Morgan fingerprint density at radius 3 is 2.71 bits per heavy atom. The Morgan fingerprint density at radius 2 is 2.12 bits per heavy atom. The van der Waals surface area contributed by atoms with Crippen molar-refractivity contribution in [3.05, 3.63) is 34.1 Å². The SMILES string of the molecule is COC(=O)c1ccc2c(=O)n(C[C@@H](C)O)c(SCC(C)=O)nc2c1. The summed E-state index contributed by atoms with van der Waals surface area (Å²) in [5.41, 5.74) is 0.298. The molecule has 1 aromatic carbocycles. The van der Waals surface area contributed by atoms with Gasteiger partial charge in [-0.2, -0.15) is 0 Å². The smallest absolute Gasteiger partial charge is 0.337 e. The number of hydrogen-bond donors (Lipinski definition) is 1. The molecule has 0 fully saturated rings. The molecule has 24 heavy (non-hydrogen) atoms. The Bertz CT molecular complexity index is 844. The Labute approximate surface area is 142 Å². The third-order valence-electron chi connectivity index (χ3n) is 3.19. The Morgan fingerprint density at radius 1 is 1.42 bits per heavy atom. The minimum absolute atomic E-state index is 0.0544. The van der Waals surface area contributed by atoms with E-state index in [9.17, 15) is 19.5 Å². The van der Waals surface area contributed by atoms with Gasteiger partial charge in [-0.25, -0.2) is 9.78 Å². The third kappa shape index (κ3) is 4.01. The van der Waals surface area contributed by atoms with E-state index in [1.165, 1.54) is 36.8 Å². The number of ketones is 1. The molecule has 0 aliphatic rings. The second-order valence-corrected chi connectivity index (χ2v) is 6.32. The summed E-state index contributed by atoms with van der Waals surface area (Å²) in [4.78, 5) is 39.9. The van der Waals surface area contributed by atoms with Crippen molar-refractivity contribution >= 4 is 34.4 Å².